The van der Waals surface area contributed by atoms with Crippen LogP contribution in [0.15, 0.2) is 47.3 Å². The number of hydrogen-bond donors (Lipinski definition) is 1. The zero-order valence-electron chi connectivity index (χ0n) is 20.2. The Bertz CT molecular complexity index is 1390. The minimum absolute atomic E-state index is 0.0192. The first-order valence-corrected chi connectivity index (χ1v) is 12.7. The molecule has 1 aliphatic rings. The van der Waals surface area contributed by atoms with E-state index in [2.05, 4.69) is 42.4 Å². The number of carbonyl (C=O) groups excluding carboxylic acids is 1. The topological polar surface area (TPSA) is 94.8 Å². The monoisotopic (exact) mass is 536 g/mol. The van der Waals surface area contributed by atoms with Crippen LogP contribution in [0.5, 0.6) is 0 Å². The second-order valence-corrected chi connectivity index (χ2v) is 10.7. The van der Waals surface area contributed by atoms with Crippen LogP contribution in [-0.4, -0.2) is 49.9 Å². The minimum Gasteiger partial charge on any atom is -0.382 e. The highest BCUT2D eigenvalue weighted by Crippen LogP contribution is 2.34. The van der Waals surface area contributed by atoms with E-state index in [-0.39, 0.29) is 17.4 Å². The highest BCUT2D eigenvalue weighted by Gasteiger charge is 2.33. The van der Waals surface area contributed by atoms with Gasteiger partial charge in [-0.2, -0.15) is 5.10 Å². The summed E-state index contributed by atoms with van der Waals surface area (Å²) in [4.78, 5) is 26.7. The smallest absolute Gasteiger partial charge is 0.223 e. The Labute approximate surface area is 212 Å². The van der Waals surface area contributed by atoms with Gasteiger partial charge in [0.15, 0.2) is 5.65 Å². The lowest BCUT2D eigenvalue weighted by molar-refractivity contribution is -0.127. The molecule has 5 rings (SSSR count). The van der Waals surface area contributed by atoms with Crippen molar-refractivity contribution in [3.8, 4) is 5.69 Å². The van der Waals surface area contributed by atoms with Crippen LogP contribution in [0.3, 0.4) is 0 Å². The molecule has 8 nitrogen and oxygen atoms in total. The van der Waals surface area contributed by atoms with Crippen LogP contribution in [-0.2, 0) is 16.0 Å². The maximum atomic E-state index is 12.8. The van der Waals surface area contributed by atoms with E-state index in [1.165, 1.54) is 0 Å². The minimum atomic E-state index is -0.372. The summed E-state index contributed by atoms with van der Waals surface area (Å²) in [6.07, 6.45) is 7.09. The van der Waals surface area contributed by atoms with E-state index < -0.39 is 0 Å². The normalized spacial score (nSPS) is 18.4. The molecule has 35 heavy (non-hydrogen) atoms. The highest BCUT2D eigenvalue weighted by molar-refractivity contribution is 9.10. The van der Waals surface area contributed by atoms with Crippen LogP contribution in [0.1, 0.15) is 38.9 Å². The molecule has 1 saturated carbocycles. The number of pyridine rings is 1. The van der Waals surface area contributed by atoms with Crippen molar-refractivity contribution in [2.24, 2.45) is 11.8 Å². The van der Waals surface area contributed by atoms with E-state index in [4.69, 9.17) is 9.72 Å². The maximum absolute atomic E-state index is 12.8. The van der Waals surface area contributed by atoms with Crippen LogP contribution in [0.25, 0.3) is 27.6 Å². The molecule has 1 amide bonds. The van der Waals surface area contributed by atoms with Crippen LogP contribution in [0.2, 0.25) is 0 Å². The SMILES string of the molecule is COCC(C)(C)NC(=O)[C@@H]1CC[C@@H](Cc2ncc3c(Br)nn(-c4ccc5ncccc5c4)c3n2)C1. The summed E-state index contributed by atoms with van der Waals surface area (Å²) in [6.45, 7) is 4.45. The number of halogens is 1. The number of aromatic nitrogens is 5. The molecule has 3 aromatic heterocycles. The van der Waals surface area contributed by atoms with Gasteiger partial charge in [0.1, 0.15) is 10.4 Å². The lowest BCUT2D eigenvalue weighted by atomic mass is 9.99. The van der Waals surface area contributed by atoms with Crippen molar-refractivity contribution in [1.29, 1.82) is 0 Å². The Kier molecular flexibility index (Phi) is 6.55. The molecule has 1 aliphatic carbocycles. The van der Waals surface area contributed by atoms with Gasteiger partial charge in [-0.3, -0.25) is 9.78 Å². The number of carbonyl (C=O) groups is 1. The van der Waals surface area contributed by atoms with E-state index in [0.717, 1.165) is 59.1 Å². The predicted molar refractivity (Wildman–Crippen MR) is 138 cm³/mol. The van der Waals surface area contributed by atoms with Crippen molar-refractivity contribution < 1.29 is 9.53 Å². The molecule has 1 N–H and O–H groups in total. The standard InChI is InChI=1S/C26H29BrN6O2/c1-26(2,15-35-3)31-25(34)18-7-6-16(11-18)12-22-29-14-20-23(27)32-33(24(20)30-22)19-8-9-21-17(13-19)5-4-10-28-21/h4-5,8-10,13-14,16,18H,6-7,11-12,15H2,1-3H3,(H,31,34)/t16-,18-/m1/s1. The number of nitrogens with zero attached hydrogens (tertiary/aromatic N) is 5. The van der Waals surface area contributed by atoms with Crippen molar-refractivity contribution in [3.05, 3.63) is 53.2 Å². The van der Waals surface area contributed by atoms with Gasteiger partial charge in [-0.05, 0) is 79.2 Å². The largest absolute Gasteiger partial charge is 0.382 e. The lowest BCUT2D eigenvalue weighted by Gasteiger charge is -2.27. The molecule has 3 heterocycles. The average Bonchev–Trinajstić information content (AvgIpc) is 3.43. The predicted octanol–water partition coefficient (Wildman–Crippen LogP) is 4.63. The van der Waals surface area contributed by atoms with Crippen molar-refractivity contribution in [2.75, 3.05) is 13.7 Å². The third kappa shape index (κ3) is 5.06. The van der Waals surface area contributed by atoms with Gasteiger partial charge in [-0.15, -0.1) is 0 Å². The molecule has 182 valence electrons. The fourth-order valence-electron chi connectivity index (χ4n) is 4.97. The molecule has 4 aromatic rings. The lowest BCUT2D eigenvalue weighted by Crippen LogP contribution is -2.48. The van der Waals surface area contributed by atoms with Crippen LogP contribution in [0.4, 0.5) is 0 Å². The second kappa shape index (κ2) is 9.62. The van der Waals surface area contributed by atoms with Crippen LogP contribution >= 0.6 is 15.9 Å². The molecule has 1 aromatic carbocycles. The molecule has 1 fully saturated rings. The number of amides is 1. The van der Waals surface area contributed by atoms with Crippen LogP contribution in [0, 0.1) is 11.8 Å². The van der Waals surface area contributed by atoms with Gasteiger partial charge in [-0.1, -0.05) is 6.07 Å². The fourth-order valence-corrected chi connectivity index (χ4v) is 5.40. The number of rotatable bonds is 7. The maximum Gasteiger partial charge on any atom is 0.223 e. The summed E-state index contributed by atoms with van der Waals surface area (Å²) >= 11 is 3.56. The first-order chi connectivity index (χ1) is 16.8. The summed E-state index contributed by atoms with van der Waals surface area (Å²) in [5, 5.41) is 9.71. The first-order valence-electron chi connectivity index (χ1n) is 11.9. The summed E-state index contributed by atoms with van der Waals surface area (Å²) in [5.41, 5.74) is 2.25. The number of nitrogens with one attached hydrogen (secondary N) is 1. The van der Waals surface area contributed by atoms with Gasteiger partial charge < -0.3 is 10.1 Å². The fraction of sp³-hybridized carbons (Fsp3) is 0.423. The van der Waals surface area contributed by atoms with Crippen molar-refractivity contribution in [1.82, 2.24) is 30.0 Å². The second-order valence-electron chi connectivity index (χ2n) is 9.99. The van der Waals surface area contributed by atoms with E-state index in [1.807, 2.05) is 49.0 Å². The van der Waals surface area contributed by atoms with Crippen molar-refractivity contribution in [2.45, 2.75) is 45.1 Å². The molecule has 0 saturated heterocycles. The van der Waals surface area contributed by atoms with Crippen molar-refractivity contribution in [3.63, 3.8) is 0 Å². The molecular weight excluding hydrogens is 508 g/mol. The Balaban J connectivity index is 1.34. The molecular formula is C26H29BrN6O2. The zero-order valence-corrected chi connectivity index (χ0v) is 21.7. The van der Waals surface area contributed by atoms with Gasteiger partial charge in [0.25, 0.3) is 0 Å². The molecule has 2 atom stereocenters. The van der Waals surface area contributed by atoms with Gasteiger partial charge in [0.2, 0.25) is 5.91 Å². The van der Waals surface area contributed by atoms with Gasteiger partial charge in [-0.25, -0.2) is 14.6 Å². The van der Waals surface area contributed by atoms with E-state index in [1.54, 1.807) is 13.3 Å². The van der Waals surface area contributed by atoms with Crippen LogP contribution < -0.4 is 5.32 Å². The van der Waals surface area contributed by atoms with Gasteiger partial charge in [0, 0.05) is 37.2 Å². The summed E-state index contributed by atoms with van der Waals surface area (Å²) in [7, 11) is 1.65. The Morgan fingerprint density at radius 2 is 2.11 bits per heavy atom. The third-order valence-corrected chi connectivity index (χ3v) is 7.20. The Morgan fingerprint density at radius 1 is 1.26 bits per heavy atom. The number of hydrogen-bond acceptors (Lipinski definition) is 6. The number of benzene rings is 1. The molecule has 0 bridgehead atoms. The Morgan fingerprint density at radius 3 is 2.94 bits per heavy atom. The van der Waals surface area contributed by atoms with E-state index in [9.17, 15) is 4.79 Å². The number of ether oxygens (including phenoxy) is 1. The quantitative estimate of drug-likeness (QED) is 0.370. The molecule has 0 aliphatic heterocycles. The number of methoxy groups -OCH3 is 1. The van der Waals surface area contributed by atoms with Crippen molar-refractivity contribution >= 4 is 43.8 Å². The molecule has 0 spiro atoms. The summed E-state index contributed by atoms with van der Waals surface area (Å²) in [5.74, 6) is 1.28. The molecule has 0 radical (unpaired) electrons. The zero-order chi connectivity index (χ0) is 24.6. The average molecular weight is 537 g/mol. The Hall–Kier alpha value is -2.91. The van der Waals surface area contributed by atoms with E-state index in [0.29, 0.717) is 17.1 Å². The van der Waals surface area contributed by atoms with Gasteiger partial charge >= 0.3 is 0 Å². The highest BCUT2D eigenvalue weighted by atomic mass is 79.9. The van der Waals surface area contributed by atoms with Gasteiger partial charge in [0.05, 0.1) is 28.7 Å². The molecule has 9 heteroatoms. The summed E-state index contributed by atoms with van der Waals surface area (Å²) in [6, 6.07) is 10.0. The first kappa shape index (κ1) is 23.8. The third-order valence-electron chi connectivity index (χ3n) is 6.61. The summed E-state index contributed by atoms with van der Waals surface area (Å²) < 4.78 is 7.78. The molecule has 0 unspecified atom stereocenters. The van der Waals surface area contributed by atoms with E-state index >= 15 is 0 Å². The number of fused-ring (bicyclic) bond motifs is 2.